The smallest absolute Gasteiger partial charge is 0.255 e. The van der Waals surface area contributed by atoms with E-state index in [4.69, 9.17) is 0 Å². The maximum atomic E-state index is 12.8. The fourth-order valence-electron chi connectivity index (χ4n) is 2.92. The summed E-state index contributed by atoms with van der Waals surface area (Å²) in [6.45, 7) is 4.46. The number of nitrogens with one attached hydrogen (secondary N) is 1. The van der Waals surface area contributed by atoms with E-state index in [0.717, 1.165) is 29.6 Å². The minimum Gasteiger partial charge on any atom is -0.394 e. The summed E-state index contributed by atoms with van der Waals surface area (Å²) >= 11 is 0. The second kappa shape index (κ2) is 4.86. The van der Waals surface area contributed by atoms with Gasteiger partial charge in [-0.2, -0.15) is 5.10 Å². The van der Waals surface area contributed by atoms with E-state index >= 15 is 0 Å². The number of carbonyl (C=O) groups is 1. The van der Waals surface area contributed by atoms with Gasteiger partial charge in [-0.25, -0.2) is 4.98 Å². The number of aliphatic hydroxyl groups excluding tert-OH is 1. The van der Waals surface area contributed by atoms with Gasteiger partial charge in [-0.3, -0.25) is 9.89 Å². The first-order chi connectivity index (χ1) is 9.61. The van der Waals surface area contributed by atoms with Crippen molar-refractivity contribution in [3.8, 4) is 0 Å². The van der Waals surface area contributed by atoms with E-state index < -0.39 is 0 Å². The van der Waals surface area contributed by atoms with Gasteiger partial charge in [0.2, 0.25) is 0 Å². The van der Waals surface area contributed by atoms with Gasteiger partial charge in [-0.05, 0) is 32.8 Å². The highest BCUT2D eigenvalue weighted by molar-refractivity contribution is 6.06. The number of pyridine rings is 1. The maximum absolute atomic E-state index is 12.8. The molecule has 106 valence electrons. The summed E-state index contributed by atoms with van der Waals surface area (Å²) in [4.78, 5) is 18.9. The Morgan fingerprint density at radius 1 is 1.55 bits per heavy atom. The number of aromatic amines is 1. The molecule has 1 fully saturated rings. The van der Waals surface area contributed by atoms with Gasteiger partial charge in [0.15, 0.2) is 5.65 Å². The fourth-order valence-corrected chi connectivity index (χ4v) is 2.92. The molecule has 20 heavy (non-hydrogen) atoms. The average Bonchev–Trinajstić information content (AvgIpc) is 3.04. The predicted octanol–water partition coefficient (Wildman–Crippen LogP) is 1.17. The average molecular weight is 274 g/mol. The number of fused-ring (bicyclic) bond motifs is 1. The molecule has 1 aliphatic heterocycles. The molecule has 6 heteroatoms. The summed E-state index contributed by atoms with van der Waals surface area (Å²) in [5, 5.41) is 17.2. The van der Waals surface area contributed by atoms with Gasteiger partial charge in [0.1, 0.15) is 0 Å². The summed E-state index contributed by atoms with van der Waals surface area (Å²) in [5.74, 6) is -0.0402. The van der Waals surface area contributed by atoms with Crippen LogP contribution >= 0.6 is 0 Å². The fraction of sp³-hybridized carbons (Fsp3) is 0.500. The van der Waals surface area contributed by atoms with Gasteiger partial charge >= 0.3 is 0 Å². The largest absolute Gasteiger partial charge is 0.394 e. The van der Waals surface area contributed by atoms with Crippen molar-refractivity contribution >= 4 is 16.9 Å². The van der Waals surface area contributed by atoms with Crippen LogP contribution in [0.4, 0.5) is 0 Å². The topological polar surface area (TPSA) is 82.1 Å². The zero-order chi connectivity index (χ0) is 14.3. The van der Waals surface area contributed by atoms with Gasteiger partial charge in [0, 0.05) is 17.9 Å². The number of nitrogens with zero attached hydrogens (tertiary/aromatic N) is 3. The Morgan fingerprint density at radius 3 is 3.10 bits per heavy atom. The molecule has 0 bridgehead atoms. The molecule has 1 atom stereocenters. The van der Waals surface area contributed by atoms with Crippen LogP contribution in [-0.4, -0.2) is 50.3 Å². The van der Waals surface area contributed by atoms with E-state index in [9.17, 15) is 9.90 Å². The van der Waals surface area contributed by atoms with Crippen molar-refractivity contribution in [2.75, 3.05) is 13.2 Å². The Hall–Kier alpha value is -1.95. The van der Waals surface area contributed by atoms with E-state index in [1.165, 1.54) is 0 Å². The van der Waals surface area contributed by atoms with Crippen LogP contribution in [0.5, 0.6) is 0 Å². The van der Waals surface area contributed by atoms with Crippen LogP contribution in [0.3, 0.4) is 0 Å². The lowest BCUT2D eigenvalue weighted by Gasteiger charge is -2.23. The lowest BCUT2D eigenvalue weighted by Crippen LogP contribution is -2.37. The Labute approximate surface area is 116 Å². The van der Waals surface area contributed by atoms with Crippen molar-refractivity contribution < 1.29 is 9.90 Å². The minimum absolute atomic E-state index is 0.0172. The zero-order valence-electron chi connectivity index (χ0n) is 11.7. The molecule has 3 heterocycles. The first-order valence-corrected chi connectivity index (χ1v) is 6.86. The van der Waals surface area contributed by atoms with E-state index in [2.05, 4.69) is 15.2 Å². The van der Waals surface area contributed by atoms with Crippen LogP contribution < -0.4 is 0 Å². The molecule has 2 N–H and O–H groups in total. The van der Waals surface area contributed by atoms with Gasteiger partial charge in [-0.1, -0.05) is 0 Å². The summed E-state index contributed by atoms with van der Waals surface area (Å²) in [6, 6.07) is 1.73. The maximum Gasteiger partial charge on any atom is 0.255 e. The number of aromatic nitrogens is 3. The third-order valence-electron chi connectivity index (χ3n) is 3.91. The Kier molecular flexibility index (Phi) is 3.17. The summed E-state index contributed by atoms with van der Waals surface area (Å²) in [7, 11) is 0. The standard InChI is InChI=1S/C14H18N4O2/c1-8-6-11(12-9(2)16-17-13(12)15-8)14(20)18-5-3-4-10(18)7-19/h6,10,19H,3-5,7H2,1-2H3,(H,15,16,17)/t10-/m0/s1. The van der Waals surface area contributed by atoms with E-state index in [1.807, 2.05) is 13.8 Å². The quantitative estimate of drug-likeness (QED) is 0.861. The van der Waals surface area contributed by atoms with Crippen LogP contribution in [0.25, 0.3) is 11.0 Å². The van der Waals surface area contributed by atoms with E-state index in [0.29, 0.717) is 17.8 Å². The number of rotatable bonds is 2. The number of H-pyrrole nitrogens is 1. The van der Waals surface area contributed by atoms with Gasteiger partial charge in [0.25, 0.3) is 5.91 Å². The Balaban J connectivity index is 2.09. The first-order valence-electron chi connectivity index (χ1n) is 6.86. The number of aryl methyl sites for hydroxylation is 2. The molecular weight excluding hydrogens is 256 g/mol. The minimum atomic E-state index is -0.0711. The monoisotopic (exact) mass is 274 g/mol. The first kappa shape index (κ1) is 13.1. The third-order valence-corrected chi connectivity index (χ3v) is 3.91. The number of aliphatic hydroxyl groups is 1. The summed E-state index contributed by atoms with van der Waals surface area (Å²) in [5.41, 5.74) is 2.81. The highest BCUT2D eigenvalue weighted by atomic mass is 16.3. The molecule has 1 amide bonds. The molecule has 2 aromatic heterocycles. The normalized spacial score (nSPS) is 18.9. The molecule has 0 saturated carbocycles. The molecular formula is C14H18N4O2. The van der Waals surface area contributed by atoms with Crippen LogP contribution in [0.1, 0.15) is 34.6 Å². The van der Waals surface area contributed by atoms with Crippen molar-refractivity contribution in [1.82, 2.24) is 20.1 Å². The Morgan fingerprint density at radius 2 is 2.35 bits per heavy atom. The molecule has 0 unspecified atom stereocenters. The molecule has 0 radical (unpaired) electrons. The van der Waals surface area contributed by atoms with Crippen molar-refractivity contribution in [3.05, 3.63) is 23.0 Å². The summed E-state index contributed by atoms with van der Waals surface area (Å²) in [6.07, 6.45) is 1.80. The van der Waals surface area contributed by atoms with Gasteiger partial charge in [-0.15, -0.1) is 0 Å². The van der Waals surface area contributed by atoms with Gasteiger partial charge in [0.05, 0.1) is 23.6 Å². The van der Waals surface area contributed by atoms with E-state index in [1.54, 1.807) is 11.0 Å². The molecule has 3 rings (SSSR count). The van der Waals surface area contributed by atoms with Crippen molar-refractivity contribution in [3.63, 3.8) is 0 Å². The van der Waals surface area contributed by atoms with Crippen molar-refractivity contribution in [1.29, 1.82) is 0 Å². The molecule has 0 aliphatic carbocycles. The van der Waals surface area contributed by atoms with Crippen LogP contribution in [-0.2, 0) is 0 Å². The number of hydrogen-bond acceptors (Lipinski definition) is 4. The number of likely N-dealkylation sites (tertiary alicyclic amines) is 1. The van der Waals surface area contributed by atoms with Crippen LogP contribution in [0.2, 0.25) is 0 Å². The lowest BCUT2D eigenvalue weighted by molar-refractivity contribution is 0.0679. The third kappa shape index (κ3) is 1.96. The van der Waals surface area contributed by atoms with Crippen molar-refractivity contribution in [2.24, 2.45) is 0 Å². The van der Waals surface area contributed by atoms with Crippen molar-refractivity contribution in [2.45, 2.75) is 32.7 Å². The van der Waals surface area contributed by atoms with Gasteiger partial charge < -0.3 is 10.0 Å². The molecule has 0 spiro atoms. The molecule has 6 nitrogen and oxygen atoms in total. The SMILES string of the molecule is Cc1cc(C(=O)N2CCC[C@H]2CO)c2c(C)[nH]nc2n1. The summed E-state index contributed by atoms with van der Waals surface area (Å²) < 4.78 is 0. The molecule has 2 aromatic rings. The molecule has 0 aromatic carbocycles. The van der Waals surface area contributed by atoms with Crippen LogP contribution in [0.15, 0.2) is 6.07 Å². The second-order valence-electron chi connectivity index (χ2n) is 5.34. The second-order valence-corrected chi connectivity index (χ2v) is 5.34. The number of amides is 1. The lowest BCUT2D eigenvalue weighted by atomic mass is 10.1. The molecule has 1 aliphatic rings. The zero-order valence-corrected chi connectivity index (χ0v) is 11.7. The molecule has 1 saturated heterocycles. The predicted molar refractivity (Wildman–Crippen MR) is 74.5 cm³/mol. The Bertz CT molecular complexity index is 664. The van der Waals surface area contributed by atoms with Crippen LogP contribution in [0, 0.1) is 13.8 Å². The van der Waals surface area contributed by atoms with E-state index in [-0.39, 0.29) is 18.6 Å². The highest BCUT2D eigenvalue weighted by Crippen LogP contribution is 2.25. The number of hydrogen-bond donors (Lipinski definition) is 2. The number of carbonyl (C=O) groups excluding carboxylic acids is 1. The highest BCUT2D eigenvalue weighted by Gasteiger charge is 2.30.